The normalized spacial score (nSPS) is 20.1. The second-order valence-electron chi connectivity index (χ2n) is 9.10. The molecule has 2 rings (SSSR count). The molecule has 0 aliphatic carbocycles. The highest BCUT2D eigenvalue weighted by Crippen LogP contribution is 2.32. The molecule has 1 fully saturated rings. The van der Waals surface area contributed by atoms with Crippen LogP contribution in [0, 0.1) is 12.8 Å². The van der Waals surface area contributed by atoms with Gasteiger partial charge in [-0.25, -0.2) is 0 Å². The first-order valence-electron chi connectivity index (χ1n) is 11.0. The van der Waals surface area contributed by atoms with E-state index in [1.807, 2.05) is 6.92 Å². The number of aryl methyl sites for hydroxylation is 1. The number of aromatic nitrogens is 1. The Hall–Kier alpha value is -2.50. The minimum absolute atomic E-state index is 0.0319. The van der Waals surface area contributed by atoms with Crippen molar-refractivity contribution in [3.8, 4) is 0 Å². The molecule has 2 heterocycles. The van der Waals surface area contributed by atoms with E-state index >= 15 is 0 Å². The van der Waals surface area contributed by atoms with Crippen LogP contribution in [-0.2, 0) is 23.8 Å². The summed E-state index contributed by atoms with van der Waals surface area (Å²) in [5.74, 6) is -0.706. The van der Waals surface area contributed by atoms with Gasteiger partial charge in [0.25, 0.3) is 5.91 Å². The van der Waals surface area contributed by atoms with E-state index < -0.39 is 23.9 Å². The van der Waals surface area contributed by atoms with Gasteiger partial charge in [-0.3, -0.25) is 14.4 Å². The molecule has 1 saturated heterocycles. The molecule has 0 radical (unpaired) electrons. The summed E-state index contributed by atoms with van der Waals surface area (Å²) in [6, 6.07) is -0.643. The van der Waals surface area contributed by atoms with Crippen molar-refractivity contribution in [1.29, 1.82) is 0 Å². The Balaban J connectivity index is 2.03. The van der Waals surface area contributed by atoms with Crippen molar-refractivity contribution in [3.05, 3.63) is 17.5 Å². The van der Waals surface area contributed by atoms with E-state index in [9.17, 15) is 14.4 Å². The van der Waals surface area contributed by atoms with Crippen molar-refractivity contribution < 1.29 is 33.1 Å². The van der Waals surface area contributed by atoms with Gasteiger partial charge in [-0.15, -0.1) is 0 Å². The van der Waals surface area contributed by atoms with Gasteiger partial charge in [0.2, 0.25) is 11.8 Å². The lowest BCUT2D eigenvalue weighted by Crippen LogP contribution is -2.57. The van der Waals surface area contributed by atoms with Crippen molar-refractivity contribution in [2.75, 3.05) is 34.0 Å². The van der Waals surface area contributed by atoms with E-state index in [0.717, 1.165) is 6.42 Å². The minimum atomic E-state index is -1.04. The lowest BCUT2D eigenvalue weighted by atomic mass is 9.94. The fraction of sp³-hybridized carbons (Fsp3) is 0.727. The summed E-state index contributed by atoms with van der Waals surface area (Å²) in [6.07, 6.45) is 1.46. The van der Waals surface area contributed by atoms with Gasteiger partial charge >= 0.3 is 0 Å². The summed E-state index contributed by atoms with van der Waals surface area (Å²) in [7, 11) is 2.85. The van der Waals surface area contributed by atoms with Crippen molar-refractivity contribution in [1.82, 2.24) is 21.1 Å². The number of nitrogens with zero attached hydrogens (tertiary/aromatic N) is 1. The van der Waals surface area contributed by atoms with Crippen LogP contribution in [0.2, 0.25) is 0 Å². The highest BCUT2D eigenvalue weighted by molar-refractivity contribution is 5.97. The predicted molar refractivity (Wildman–Crippen MR) is 119 cm³/mol. The summed E-state index contributed by atoms with van der Waals surface area (Å²) >= 11 is 0. The molecule has 1 aromatic heterocycles. The quantitative estimate of drug-likeness (QED) is 0.336. The summed E-state index contributed by atoms with van der Waals surface area (Å²) in [6.45, 7) is 8.36. The second kappa shape index (κ2) is 12.1. The fourth-order valence-corrected chi connectivity index (χ4v) is 3.50. The van der Waals surface area contributed by atoms with Crippen molar-refractivity contribution in [3.63, 3.8) is 0 Å². The molecule has 0 saturated carbocycles. The summed E-state index contributed by atoms with van der Waals surface area (Å²) < 4.78 is 20.6. The average molecular weight is 469 g/mol. The van der Waals surface area contributed by atoms with Gasteiger partial charge in [0.05, 0.1) is 25.4 Å². The van der Waals surface area contributed by atoms with Gasteiger partial charge in [0, 0.05) is 26.3 Å². The van der Waals surface area contributed by atoms with Crippen molar-refractivity contribution >= 4 is 17.7 Å². The third kappa shape index (κ3) is 8.75. The maximum absolute atomic E-state index is 13.0. The van der Waals surface area contributed by atoms with E-state index in [2.05, 4.69) is 35.0 Å². The Morgan fingerprint density at radius 2 is 1.67 bits per heavy atom. The maximum atomic E-state index is 13.0. The van der Waals surface area contributed by atoms with Gasteiger partial charge in [-0.2, -0.15) is 0 Å². The number of ether oxygens (including phenoxy) is 3. The number of hydrogen-bond acceptors (Lipinski definition) is 8. The van der Waals surface area contributed by atoms with E-state index in [1.54, 1.807) is 6.92 Å². The van der Waals surface area contributed by atoms with E-state index in [0.29, 0.717) is 24.7 Å². The maximum Gasteiger partial charge on any atom is 0.274 e. The molecule has 4 atom stereocenters. The molecule has 1 aliphatic heterocycles. The Labute approximate surface area is 194 Å². The molecule has 1 aromatic rings. The van der Waals surface area contributed by atoms with Crippen LogP contribution >= 0.6 is 0 Å². The summed E-state index contributed by atoms with van der Waals surface area (Å²) in [5.41, 5.74) is -0.180. The number of rotatable bonds is 14. The number of methoxy groups -OCH3 is 2. The van der Waals surface area contributed by atoms with Gasteiger partial charge in [-0.05, 0) is 32.6 Å². The van der Waals surface area contributed by atoms with Crippen LogP contribution < -0.4 is 16.0 Å². The predicted octanol–water partition coefficient (Wildman–Crippen LogP) is 0.569. The third-order valence-electron chi connectivity index (χ3n) is 5.20. The minimum Gasteiger partial charge on any atom is -0.382 e. The van der Waals surface area contributed by atoms with Gasteiger partial charge in [-0.1, -0.05) is 19.0 Å². The van der Waals surface area contributed by atoms with Gasteiger partial charge in [0.1, 0.15) is 17.8 Å². The van der Waals surface area contributed by atoms with Crippen LogP contribution in [0.25, 0.3) is 0 Å². The lowest BCUT2D eigenvalue weighted by molar-refractivity contribution is -0.132. The molecule has 186 valence electrons. The smallest absolute Gasteiger partial charge is 0.274 e. The molecule has 1 unspecified atom stereocenters. The summed E-state index contributed by atoms with van der Waals surface area (Å²) in [4.78, 5) is 38.3. The number of carbonyl (C=O) groups excluding carboxylic acids is 3. The third-order valence-corrected chi connectivity index (χ3v) is 5.20. The monoisotopic (exact) mass is 468 g/mol. The Morgan fingerprint density at radius 3 is 2.15 bits per heavy atom. The Kier molecular flexibility index (Phi) is 9.81. The zero-order valence-electron chi connectivity index (χ0n) is 20.2. The number of epoxide rings is 1. The molecule has 33 heavy (non-hydrogen) atoms. The Morgan fingerprint density at radius 1 is 1.09 bits per heavy atom. The largest absolute Gasteiger partial charge is 0.382 e. The Bertz CT molecular complexity index is 806. The first kappa shape index (κ1) is 26.7. The van der Waals surface area contributed by atoms with Gasteiger partial charge < -0.3 is 34.7 Å². The molecular weight excluding hydrogens is 432 g/mol. The highest BCUT2D eigenvalue weighted by atomic mass is 16.6. The molecule has 11 nitrogen and oxygen atoms in total. The average Bonchev–Trinajstić information content (AvgIpc) is 3.28. The molecular formula is C22H36N4O7. The van der Waals surface area contributed by atoms with E-state index in [1.165, 1.54) is 20.3 Å². The second-order valence-corrected chi connectivity index (χ2v) is 9.10. The molecule has 0 aromatic carbocycles. The topological polar surface area (TPSA) is 144 Å². The summed E-state index contributed by atoms with van der Waals surface area (Å²) in [5, 5.41) is 11.9. The van der Waals surface area contributed by atoms with Crippen LogP contribution in [-0.4, -0.2) is 80.6 Å². The van der Waals surface area contributed by atoms with E-state index in [-0.39, 0.29) is 36.5 Å². The molecule has 3 N–H and O–H groups in total. The van der Waals surface area contributed by atoms with Crippen LogP contribution in [0.1, 0.15) is 49.9 Å². The molecule has 11 heteroatoms. The lowest BCUT2D eigenvalue weighted by Gasteiger charge is -2.26. The number of carbonyl (C=O) groups is 3. The first-order chi connectivity index (χ1) is 15.6. The SMILES string of the molecule is COC[C@H](NC(=O)c1cc(C)on1)C(=O)N[C@@H](COC)C(=O)N[C@@H](CC(C)C)CC1(C)CO1. The molecule has 0 spiro atoms. The van der Waals surface area contributed by atoms with Crippen molar-refractivity contribution in [2.24, 2.45) is 5.92 Å². The highest BCUT2D eigenvalue weighted by Gasteiger charge is 2.42. The first-order valence-corrected chi connectivity index (χ1v) is 11.0. The van der Waals surface area contributed by atoms with Crippen LogP contribution in [0.5, 0.6) is 0 Å². The van der Waals surface area contributed by atoms with Gasteiger partial charge in [0.15, 0.2) is 5.69 Å². The van der Waals surface area contributed by atoms with Crippen LogP contribution in [0.4, 0.5) is 0 Å². The molecule has 3 amide bonds. The standard InChI is InChI=1S/C22H36N4O7/c1-13(2)7-15(9-22(4)12-32-22)23-20(28)17(10-30-5)25-21(29)18(11-31-6)24-19(27)16-8-14(3)33-26-16/h8,13,15,17-18H,7,9-12H2,1-6H3,(H,23,28)(H,24,27)(H,25,29)/t15-,17-,18-,22?/m0/s1. The van der Waals surface area contributed by atoms with E-state index in [4.69, 9.17) is 18.7 Å². The number of amides is 3. The van der Waals surface area contributed by atoms with Crippen LogP contribution in [0.3, 0.4) is 0 Å². The molecule has 0 bridgehead atoms. The number of nitrogens with one attached hydrogen (secondary N) is 3. The van der Waals surface area contributed by atoms with Crippen molar-refractivity contribution in [2.45, 2.75) is 64.3 Å². The molecule has 1 aliphatic rings. The number of hydrogen-bond donors (Lipinski definition) is 3. The zero-order chi connectivity index (χ0) is 24.6. The fourth-order valence-electron chi connectivity index (χ4n) is 3.50. The zero-order valence-corrected chi connectivity index (χ0v) is 20.2. The van der Waals surface area contributed by atoms with Crippen LogP contribution in [0.15, 0.2) is 10.6 Å².